The number of rotatable bonds is 7. The van der Waals surface area contributed by atoms with Gasteiger partial charge in [0.2, 0.25) is 5.95 Å². The van der Waals surface area contributed by atoms with Gasteiger partial charge < -0.3 is 29.6 Å². The van der Waals surface area contributed by atoms with Gasteiger partial charge in [-0.25, -0.2) is 4.98 Å². The first-order valence-electron chi connectivity index (χ1n) is 12.3. The van der Waals surface area contributed by atoms with Crippen LogP contribution in [0.15, 0.2) is 22.7 Å². The van der Waals surface area contributed by atoms with E-state index in [4.69, 9.17) is 13.9 Å². The number of nitrogens with one attached hydrogen (secondary N) is 2. The van der Waals surface area contributed by atoms with Gasteiger partial charge in [-0.2, -0.15) is 18.2 Å². The lowest BCUT2D eigenvalue weighted by Gasteiger charge is -2.25. The smallest absolute Gasteiger partial charge is 0.405 e. The number of halogens is 3. The third kappa shape index (κ3) is 5.23. The molecule has 1 saturated heterocycles. The van der Waals surface area contributed by atoms with Crippen molar-refractivity contribution < 1.29 is 32.2 Å². The molecule has 2 fully saturated rings. The molecule has 1 aliphatic heterocycles. The van der Waals surface area contributed by atoms with Crippen molar-refractivity contribution in [3.05, 3.63) is 29.7 Å². The van der Waals surface area contributed by atoms with Gasteiger partial charge in [-0.05, 0) is 45.7 Å². The fourth-order valence-corrected chi connectivity index (χ4v) is 5.12. The zero-order valence-electron chi connectivity index (χ0n) is 21.0. The monoisotopic (exact) mass is 521 g/mol. The zero-order valence-corrected chi connectivity index (χ0v) is 21.0. The Morgan fingerprint density at radius 3 is 2.62 bits per heavy atom. The first kappa shape index (κ1) is 25.7. The maximum absolute atomic E-state index is 12.9. The SMILES string of the molecule is CCc1cc2cc(-c3c(C)nc(NCC(F)(F)F)nc3N[C@@H]3C[C@H](CO)[C@H]4OC(C)(C)O[C@H]43)oc2cn1. The van der Waals surface area contributed by atoms with Gasteiger partial charge >= 0.3 is 6.18 Å². The molecule has 3 N–H and O–H groups in total. The molecule has 3 aromatic rings. The molecule has 5 rings (SSSR count). The van der Waals surface area contributed by atoms with Crippen LogP contribution in [0.2, 0.25) is 0 Å². The lowest BCUT2D eigenvalue weighted by atomic mass is 10.1. The van der Waals surface area contributed by atoms with Crippen molar-refractivity contribution in [2.75, 3.05) is 23.8 Å². The van der Waals surface area contributed by atoms with Gasteiger partial charge in [0.1, 0.15) is 24.2 Å². The van der Waals surface area contributed by atoms with Crippen molar-refractivity contribution in [3.63, 3.8) is 0 Å². The second-order valence-corrected chi connectivity index (χ2v) is 10.00. The Hall–Kier alpha value is -2.96. The number of hydrogen-bond donors (Lipinski definition) is 3. The summed E-state index contributed by atoms with van der Waals surface area (Å²) in [7, 11) is 0. The maximum Gasteiger partial charge on any atom is 0.405 e. The minimum absolute atomic E-state index is 0.0802. The normalized spacial score (nSPS) is 25.0. The molecular weight excluding hydrogens is 491 g/mol. The number of furan rings is 1. The van der Waals surface area contributed by atoms with E-state index in [0.29, 0.717) is 34.8 Å². The summed E-state index contributed by atoms with van der Waals surface area (Å²) in [5, 5.41) is 16.4. The average Bonchev–Trinajstić information content (AvgIpc) is 3.47. The van der Waals surface area contributed by atoms with E-state index in [1.165, 1.54) is 0 Å². The highest BCUT2D eigenvalue weighted by Crippen LogP contribution is 2.44. The van der Waals surface area contributed by atoms with Crippen LogP contribution >= 0.6 is 0 Å². The Kier molecular flexibility index (Phi) is 6.53. The van der Waals surface area contributed by atoms with Gasteiger partial charge in [0.05, 0.1) is 29.6 Å². The van der Waals surface area contributed by atoms with Crippen molar-refractivity contribution in [1.82, 2.24) is 15.0 Å². The van der Waals surface area contributed by atoms with Gasteiger partial charge in [0.15, 0.2) is 11.4 Å². The van der Waals surface area contributed by atoms with E-state index >= 15 is 0 Å². The van der Waals surface area contributed by atoms with Gasteiger partial charge in [-0.1, -0.05) is 6.92 Å². The third-order valence-corrected chi connectivity index (χ3v) is 6.74. The average molecular weight is 522 g/mol. The number of anilines is 2. The summed E-state index contributed by atoms with van der Waals surface area (Å²) in [5.41, 5.74) is 2.44. The van der Waals surface area contributed by atoms with Crippen LogP contribution in [0.1, 0.15) is 38.6 Å². The van der Waals surface area contributed by atoms with Crippen molar-refractivity contribution in [2.45, 2.75) is 70.7 Å². The van der Waals surface area contributed by atoms with Crippen LogP contribution in [0.5, 0.6) is 0 Å². The molecule has 1 aliphatic carbocycles. The Labute approximate surface area is 211 Å². The third-order valence-electron chi connectivity index (χ3n) is 6.74. The summed E-state index contributed by atoms with van der Waals surface area (Å²) in [4.78, 5) is 13.1. The van der Waals surface area contributed by atoms with Crippen molar-refractivity contribution in [1.29, 1.82) is 0 Å². The van der Waals surface area contributed by atoms with Crippen molar-refractivity contribution in [2.24, 2.45) is 5.92 Å². The standard InChI is InChI=1S/C25H30F3N5O4/c1-5-15-6-13-8-17(35-18(13)9-29-15)19-12(2)31-23(30-11-25(26,27)28)33-22(19)32-16-7-14(10-34)20-21(16)37-24(3,4)36-20/h6,8-9,14,16,20-21,34H,5,7,10-11H2,1-4H3,(H2,30,31,32,33)/t14-,16-,20-,21+/m1/s1. The molecule has 4 heterocycles. The minimum Gasteiger partial charge on any atom is -0.454 e. The number of pyridine rings is 1. The van der Waals surface area contributed by atoms with Crippen LogP contribution < -0.4 is 10.6 Å². The summed E-state index contributed by atoms with van der Waals surface area (Å²) in [5.74, 6) is -0.386. The molecule has 2 aliphatic rings. The Morgan fingerprint density at radius 2 is 1.92 bits per heavy atom. The van der Waals surface area contributed by atoms with Gasteiger partial charge in [-0.3, -0.25) is 4.98 Å². The lowest BCUT2D eigenvalue weighted by molar-refractivity contribution is -0.158. The molecule has 1 saturated carbocycles. The van der Waals surface area contributed by atoms with E-state index in [0.717, 1.165) is 17.5 Å². The van der Waals surface area contributed by atoms with Crippen LogP contribution in [-0.2, 0) is 15.9 Å². The molecule has 0 radical (unpaired) electrons. The number of fused-ring (bicyclic) bond motifs is 2. The highest BCUT2D eigenvalue weighted by atomic mass is 19.4. The molecule has 3 aromatic heterocycles. The summed E-state index contributed by atoms with van der Waals surface area (Å²) >= 11 is 0. The highest BCUT2D eigenvalue weighted by Gasteiger charge is 2.54. The first-order chi connectivity index (χ1) is 17.5. The van der Waals surface area contributed by atoms with Gasteiger partial charge in [0.25, 0.3) is 0 Å². The Morgan fingerprint density at radius 1 is 1.16 bits per heavy atom. The lowest BCUT2D eigenvalue weighted by Crippen LogP contribution is -2.35. The van der Waals surface area contributed by atoms with Crippen molar-refractivity contribution >= 4 is 22.7 Å². The summed E-state index contributed by atoms with van der Waals surface area (Å²) in [6.07, 6.45) is -2.19. The van der Waals surface area contributed by atoms with Crippen molar-refractivity contribution in [3.8, 4) is 11.3 Å². The number of aryl methyl sites for hydroxylation is 2. The van der Waals surface area contributed by atoms with Crippen LogP contribution in [0.25, 0.3) is 22.3 Å². The Bertz CT molecular complexity index is 1300. The van der Waals surface area contributed by atoms with E-state index in [2.05, 4.69) is 25.6 Å². The highest BCUT2D eigenvalue weighted by molar-refractivity contribution is 5.86. The van der Waals surface area contributed by atoms with Crippen LogP contribution in [0, 0.1) is 12.8 Å². The van der Waals surface area contributed by atoms with E-state index < -0.39 is 18.5 Å². The zero-order chi connectivity index (χ0) is 26.5. The molecule has 37 heavy (non-hydrogen) atoms. The number of nitrogens with zero attached hydrogens (tertiary/aromatic N) is 3. The summed E-state index contributed by atoms with van der Waals surface area (Å²) < 4.78 is 56.9. The number of aromatic nitrogens is 3. The topological polar surface area (TPSA) is 115 Å². The van der Waals surface area contributed by atoms with Gasteiger partial charge in [-0.15, -0.1) is 0 Å². The minimum atomic E-state index is -4.43. The fourth-order valence-electron chi connectivity index (χ4n) is 5.12. The fraction of sp³-hybridized carbons (Fsp3) is 0.560. The number of hydrogen-bond acceptors (Lipinski definition) is 9. The number of aliphatic hydroxyl groups excluding tert-OH is 1. The van der Waals surface area contributed by atoms with E-state index in [-0.39, 0.29) is 36.7 Å². The molecule has 0 aromatic carbocycles. The number of aliphatic hydroxyl groups is 1. The Balaban J connectivity index is 1.54. The molecular formula is C25H30F3N5O4. The predicted molar refractivity (Wildman–Crippen MR) is 130 cm³/mol. The maximum atomic E-state index is 12.9. The van der Waals surface area contributed by atoms with Crippen LogP contribution in [0.4, 0.5) is 24.9 Å². The van der Waals surface area contributed by atoms with Crippen LogP contribution in [0.3, 0.4) is 0 Å². The summed E-state index contributed by atoms with van der Waals surface area (Å²) in [6.45, 7) is 5.96. The summed E-state index contributed by atoms with van der Waals surface area (Å²) in [6, 6.07) is 3.47. The molecule has 200 valence electrons. The molecule has 0 bridgehead atoms. The first-order valence-corrected chi connectivity index (χ1v) is 12.3. The molecule has 0 amide bonds. The second-order valence-electron chi connectivity index (χ2n) is 10.00. The largest absolute Gasteiger partial charge is 0.454 e. The number of alkyl halides is 3. The number of ether oxygens (including phenoxy) is 2. The quantitative estimate of drug-likeness (QED) is 0.415. The van der Waals surface area contributed by atoms with Gasteiger partial charge in [0, 0.05) is 23.6 Å². The second kappa shape index (κ2) is 9.41. The molecule has 0 unspecified atom stereocenters. The van der Waals surface area contributed by atoms with E-state index in [9.17, 15) is 18.3 Å². The predicted octanol–water partition coefficient (Wildman–Crippen LogP) is 4.44. The van der Waals surface area contributed by atoms with Crippen LogP contribution in [-0.4, -0.2) is 63.4 Å². The molecule has 0 spiro atoms. The van der Waals surface area contributed by atoms with E-state index in [1.54, 1.807) is 13.1 Å². The van der Waals surface area contributed by atoms with E-state index in [1.807, 2.05) is 32.9 Å². The molecule has 12 heteroatoms. The molecule has 4 atom stereocenters. The molecule has 9 nitrogen and oxygen atoms in total.